The molecule has 22 heavy (non-hydrogen) atoms. The van der Waals surface area contributed by atoms with Gasteiger partial charge in [0.25, 0.3) is 0 Å². The molecule has 4 nitrogen and oxygen atoms in total. The van der Waals surface area contributed by atoms with Crippen LogP contribution in [-0.2, 0) is 4.79 Å². The molecule has 0 spiro atoms. The second-order valence-electron chi connectivity index (χ2n) is 5.73. The summed E-state index contributed by atoms with van der Waals surface area (Å²) < 4.78 is 26.1. The van der Waals surface area contributed by atoms with Gasteiger partial charge in [-0.2, -0.15) is 5.26 Å². The Hall–Kier alpha value is -2.00. The molecule has 0 bridgehead atoms. The summed E-state index contributed by atoms with van der Waals surface area (Å²) in [6.07, 6.45) is 3.22. The molecule has 0 aliphatic heterocycles. The van der Waals surface area contributed by atoms with Crippen molar-refractivity contribution in [2.45, 2.75) is 44.2 Å². The van der Waals surface area contributed by atoms with E-state index in [9.17, 15) is 18.8 Å². The van der Waals surface area contributed by atoms with Crippen LogP contribution >= 0.6 is 0 Å². The van der Waals surface area contributed by atoms with Gasteiger partial charge in [-0.05, 0) is 50.3 Å². The molecular weight excluding hydrogens is 288 g/mol. The number of halogens is 2. The quantitative estimate of drug-likeness (QED) is 0.878. The first-order valence-corrected chi connectivity index (χ1v) is 7.36. The topological polar surface area (TPSA) is 64.9 Å². The second-order valence-corrected chi connectivity index (χ2v) is 5.73. The Kier molecular flexibility index (Phi) is 5.09. The van der Waals surface area contributed by atoms with Crippen molar-refractivity contribution in [2.24, 2.45) is 0 Å². The van der Waals surface area contributed by atoms with E-state index in [1.54, 1.807) is 6.92 Å². The Labute approximate surface area is 128 Å². The van der Waals surface area contributed by atoms with E-state index in [0.29, 0.717) is 18.4 Å². The molecule has 0 radical (unpaired) electrons. The summed E-state index contributed by atoms with van der Waals surface area (Å²) in [6.45, 7) is 1.78. The fourth-order valence-corrected chi connectivity index (χ4v) is 2.70. The van der Waals surface area contributed by atoms with E-state index in [4.69, 9.17) is 0 Å². The molecule has 0 heterocycles. The Morgan fingerprint density at radius 3 is 2.64 bits per heavy atom. The van der Waals surface area contributed by atoms with Gasteiger partial charge >= 0.3 is 0 Å². The molecule has 2 N–H and O–H groups in total. The van der Waals surface area contributed by atoms with E-state index in [0.717, 1.165) is 25.0 Å². The Morgan fingerprint density at radius 1 is 1.36 bits per heavy atom. The number of benzene rings is 1. The van der Waals surface area contributed by atoms with Crippen molar-refractivity contribution < 1.29 is 13.6 Å². The maximum absolute atomic E-state index is 13.2. The summed E-state index contributed by atoms with van der Waals surface area (Å²) >= 11 is 0. The molecule has 6 heteroatoms. The number of nitrogens with one attached hydrogen (secondary N) is 2. The highest BCUT2D eigenvalue weighted by atomic mass is 19.2. The summed E-state index contributed by atoms with van der Waals surface area (Å²) in [4.78, 5) is 12.0. The fourth-order valence-electron chi connectivity index (χ4n) is 2.70. The van der Waals surface area contributed by atoms with E-state index < -0.39 is 17.2 Å². The van der Waals surface area contributed by atoms with Crippen LogP contribution in [0, 0.1) is 23.0 Å². The molecule has 0 saturated heterocycles. The average molecular weight is 307 g/mol. The molecule has 1 saturated carbocycles. The van der Waals surface area contributed by atoms with Crippen LogP contribution in [0.5, 0.6) is 0 Å². The van der Waals surface area contributed by atoms with Gasteiger partial charge in [-0.15, -0.1) is 0 Å². The molecule has 1 aliphatic rings. The highest BCUT2D eigenvalue weighted by Gasteiger charge is 2.35. The van der Waals surface area contributed by atoms with Gasteiger partial charge in [-0.25, -0.2) is 8.78 Å². The van der Waals surface area contributed by atoms with Crippen molar-refractivity contribution in [1.82, 2.24) is 10.6 Å². The molecule has 1 aromatic carbocycles. The number of nitriles is 1. The second kappa shape index (κ2) is 6.84. The molecule has 1 fully saturated rings. The van der Waals surface area contributed by atoms with E-state index >= 15 is 0 Å². The zero-order valence-electron chi connectivity index (χ0n) is 12.5. The van der Waals surface area contributed by atoms with E-state index in [2.05, 4.69) is 16.7 Å². The van der Waals surface area contributed by atoms with Gasteiger partial charge in [0.15, 0.2) is 11.6 Å². The predicted octanol–water partition coefficient (Wildman–Crippen LogP) is 2.57. The lowest BCUT2D eigenvalue weighted by molar-refractivity contribution is -0.121. The van der Waals surface area contributed by atoms with Gasteiger partial charge in [-0.1, -0.05) is 6.07 Å². The molecular formula is C16H19F2N3O. The Bertz CT molecular complexity index is 592. The van der Waals surface area contributed by atoms with Crippen LogP contribution in [-0.4, -0.2) is 18.0 Å². The summed E-state index contributed by atoms with van der Waals surface area (Å²) in [5.41, 5.74) is -0.188. The third kappa shape index (κ3) is 3.80. The Morgan fingerprint density at radius 2 is 2.05 bits per heavy atom. The smallest absolute Gasteiger partial charge is 0.235 e. The number of hydrogen-bond donors (Lipinski definition) is 2. The van der Waals surface area contributed by atoms with Crippen LogP contribution in [0.4, 0.5) is 8.78 Å². The number of nitrogens with zero attached hydrogens (tertiary/aromatic N) is 1. The standard InChI is InChI=1S/C16H19F2N3O/c1-11(12-4-5-13(17)14(18)8-12)20-9-15(22)21-16(10-19)6-2-3-7-16/h4-5,8,11,20H,2-3,6-7,9H2,1H3,(H,21,22)/t11-/m1/s1. The van der Waals surface area contributed by atoms with Gasteiger partial charge < -0.3 is 10.6 Å². The van der Waals surface area contributed by atoms with Gasteiger partial charge in [0.1, 0.15) is 5.54 Å². The fraction of sp³-hybridized carbons (Fsp3) is 0.500. The van der Waals surface area contributed by atoms with Gasteiger partial charge in [0.05, 0.1) is 12.6 Å². The largest absolute Gasteiger partial charge is 0.337 e. The molecule has 1 aromatic rings. The minimum Gasteiger partial charge on any atom is -0.337 e. The van der Waals surface area contributed by atoms with Gasteiger partial charge in [0, 0.05) is 6.04 Å². The number of rotatable bonds is 5. The van der Waals surface area contributed by atoms with Crippen molar-refractivity contribution in [2.75, 3.05) is 6.54 Å². The van der Waals surface area contributed by atoms with Crippen molar-refractivity contribution in [3.8, 4) is 6.07 Å². The minimum absolute atomic E-state index is 0.0175. The molecule has 0 aromatic heterocycles. The maximum atomic E-state index is 13.2. The van der Waals surface area contributed by atoms with Crippen LogP contribution in [0.3, 0.4) is 0 Å². The molecule has 1 atom stereocenters. The van der Waals surface area contributed by atoms with Gasteiger partial charge in [0.2, 0.25) is 5.91 Å². The molecule has 1 amide bonds. The first-order chi connectivity index (χ1) is 10.5. The van der Waals surface area contributed by atoms with E-state index in [1.807, 2.05) is 0 Å². The summed E-state index contributed by atoms with van der Waals surface area (Å²) in [7, 11) is 0. The third-order valence-corrected chi connectivity index (χ3v) is 4.06. The minimum atomic E-state index is -0.912. The highest BCUT2D eigenvalue weighted by molar-refractivity contribution is 5.79. The predicted molar refractivity (Wildman–Crippen MR) is 77.7 cm³/mol. The normalized spacial score (nSPS) is 17.7. The van der Waals surface area contributed by atoms with Gasteiger partial charge in [-0.3, -0.25) is 4.79 Å². The van der Waals surface area contributed by atoms with E-state index in [1.165, 1.54) is 6.07 Å². The van der Waals surface area contributed by atoms with Crippen molar-refractivity contribution in [3.63, 3.8) is 0 Å². The lowest BCUT2D eigenvalue weighted by atomic mass is 10.00. The first-order valence-electron chi connectivity index (χ1n) is 7.36. The Balaban J connectivity index is 1.88. The summed E-state index contributed by atoms with van der Waals surface area (Å²) in [6, 6.07) is 5.53. The summed E-state index contributed by atoms with van der Waals surface area (Å²) in [5, 5.41) is 14.9. The monoisotopic (exact) mass is 307 g/mol. The zero-order chi connectivity index (χ0) is 16.2. The molecule has 2 rings (SSSR count). The van der Waals surface area contributed by atoms with Crippen LogP contribution in [0.2, 0.25) is 0 Å². The van der Waals surface area contributed by atoms with Crippen LogP contribution in [0.15, 0.2) is 18.2 Å². The zero-order valence-corrected chi connectivity index (χ0v) is 12.5. The number of amides is 1. The average Bonchev–Trinajstić information content (AvgIpc) is 2.96. The van der Waals surface area contributed by atoms with E-state index in [-0.39, 0.29) is 18.5 Å². The third-order valence-electron chi connectivity index (χ3n) is 4.06. The molecule has 1 aliphatic carbocycles. The maximum Gasteiger partial charge on any atom is 0.235 e. The van der Waals surface area contributed by atoms with Crippen LogP contribution < -0.4 is 10.6 Å². The number of hydrogen-bond acceptors (Lipinski definition) is 3. The van der Waals surface area contributed by atoms with Crippen molar-refractivity contribution in [1.29, 1.82) is 5.26 Å². The molecule has 0 unspecified atom stereocenters. The van der Waals surface area contributed by atoms with Crippen LogP contribution in [0.1, 0.15) is 44.2 Å². The summed E-state index contributed by atoms with van der Waals surface area (Å²) in [5.74, 6) is -2.08. The van der Waals surface area contributed by atoms with Crippen molar-refractivity contribution >= 4 is 5.91 Å². The van der Waals surface area contributed by atoms with Crippen molar-refractivity contribution in [3.05, 3.63) is 35.4 Å². The lowest BCUT2D eigenvalue weighted by Gasteiger charge is -2.23. The first kappa shape index (κ1) is 16.4. The molecule has 118 valence electrons. The SMILES string of the molecule is C[C@@H](NCC(=O)NC1(C#N)CCCC1)c1ccc(F)c(F)c1. The highest BCUT2D eigenvalue weighted by Crippen LogP contribution is 2.28. The number of carbonyl (C=O) groups is 1. The van der Waals surface area contributed by atoms with Crippen LogP contribution in [0.25, 0.3) is 0 Å². The lowest BCUT2D eigenvalue weighted by Crippen LogP contribution is -2.48. The number of carbonyl (C=O) groups excluding carboxylic acids is 1.